The van der Waals surface area contributed by atoms with E-state index < -0.39 is 5.60 Å². The molecule has 0 amide bonds. The lowest BCUT2D eigenvalue weighted by Gasteiger charge is -2.28. The maximum Gasteiger partial charge on any atom is 0.197 e. The maximum atomic E-state index is 13.0. The van der Waals surface area contributed by atoms with Crippen LogP contribution in [0.3, 0.4) is 0 Å². The van der Waals surface area contributed by atoms with Crippen molar-refractivity contribution in [3.63, 3.8) is 0 Å². The van der Waals surface area contributed by atoms with Crippen LogP contribution in [0, 0.1) is 0 Å². The van der Waals surface area contributed by atoms with Crippen molar-refractivity contribution < 1.29 is 23.4 Å². The lowest BCUT2D eigenvalue weighted by Crippen LogP contribution is -2.27. The molecule has 0 spiro atoms. The number of methoxy groups -OCH3 is 3. The zero-order chi connectivity index (χ0) is 20.8. The second-order valence-corrected chi connectivity index (χ2v) is 7.28. The Morgan fingerprint density at radius 2 is 1.62 bits per heavy atom. The van der Waals surface area contributed by atoms with Crippen molar-refractivity contribution in [3.05, 3.63) is 52.2 Å². The minimum absolute atomic E-state index is 0.200. The quantitative estimate of drug-likeness (QED) is 0.641. The minimum Gasteiger partial charge on any atom is -0.496 e. The molecule has 1 aromatic heterocycles. The summed E-state index contributed by atoms with van der Waals surface area (Å²) < 4.78 is 28.4. The summed E-state index contributed by atoms with van der Waals surface area (Å²) in [6.07, 6.45) is 3.85. The average Bonchev–Trinajstić information content (AvgIpc) is 2.71. The Hall–Kier alpha value is -3.41. The largest absolute Gasteiger partial charge is 0.496 e. The van der Waals surface area contributed by atoms with Crippen LogP contribution in [-0.4, -0.2) is 26.9 Å². The Balaban J connectivity index is 1.99. The van der Waals surface area contributed by atoms with E-state index in [0.717, 1.165) is 0 Å². The number of hydrogen-bond acceptors (Lipinski definition) is 6. The first-order chi connectivity index (χ1) is 13.9. The van der Waals surface area contributed by atoms with E-state index >= 15 is 0 Å². The van der Waals surface area contributed by atoms with Gasteiger partial charge in [0.15, 0.2) is 22.5 Å². The van der Waals surface area contributed by atoms with Crippen molar-refractivity contribution in [2.24, 2.45) is 0 Å². The SMILES string of the molecule is COc1ccc(-c2cc(=O)c3c(OC)cc4c(c3o2)C=CC(C)(C)O4)cc1OC. The van der Waals surface area contributed by atoms with E-state index in [2.05, 4.69) is 0 Å². The molecule has 6 heteroatoms. The van der Waals surface area contributed by atoms with Gasteiger partial charge in [-0.05, 0) is 44.2 Å². The van der Waals surface area contributed by atoms with E-state index in [0.29, 0.717) is 50.9 Å². The first-order valence-corrected chi connectivity index (χ1v) is 9.16. The number of fused-ring (bicyclic) bond motifs is 3. The molecule has 2 aromatic carbocycles. The monoisotopic (exact) mass is 394 g/mol. The molecule has 0 aliphatic carbocycles. The first-order valence-electron chi connectivity index (χ1n) is 9.16. The van der Waals surface area contributed by atoms with Crippen LogP contribution < -0.4 is 24.4 Å². The summed E-state index contributed by atoms with van der Waals surface area (Å²) in [6, 6.07) is 8.54. The van der Waals surface area contributed by atoms with Gasteiger partial charge in [0, 0.05) is 17.7 Å². The van der Waals surface area contributed by atoms with Crippen LogP contribution in [-0.2, 0) is 0 Å². The van der Waals surface area contributed by atoms with Crippen molar-refractivity contribution in [3.8, 4) is 34.3 Å². The maximum absolute atomic E-state index is 13.0. The zero-order valence-corrected chi connectivity index (χ0v) is 17.0. The van der Waals surface area contributed by atoms with Gasteiger partial charge in [-0.3, -0.25) is 4.79 Å². The van der Waals surface area contributed by atoms with Crippen molar-refractivity contribution in [1.82, 2.24) is 0 Å². The molecule has 29 heavy (non-hydrogen) atoms. The van der Waals surface area contributed by atoms with Crippen LogP contribution in [0.1, 0.15) is 19.4 Å². The minimum atomic E-state index is -0.465. The molecule has 0 N–H and O–H groups in total. The normalized spacial score (nSPS) is 14.2. The molecule has 1 aliphatic rings. The highest BCUT2D eigenvalue weighted by Gasteiger charge is 2.27. The highest BCUT2D eigenvalue weighted by atomic mass is 16.5. The first kappa shape index (κ1) is 18.9. The number of rotatable bonds is 4. The van der Waals surface area contributed by atoms with Gasteiger partial charge in [-0.15, -0.1) is 0 Å². The van der Waals surface area contributed by atoms with E-state index in [4.69, 9.17) is 23.4 Å². The Morgan fingerprint density at radius 3 is 2.31 bits per heavy atom. The van der Waals surface area contributed by atoms with Crippen LogP contribution >= 0.6 is 0 Å². The van der Waals surface area contributed by atoms with Gasteiger partial charge in [0.2, 0.25) is 0 Å². The Kier molecular flexibility index (Phi) is 4.49. The summed E-state index contributed by atoms with van der Waals surface area (Å²) in [5.41, 5.74) is 1.16. The van der Waals surface area contributed by atoms with Gasteiger partial charge in [0.1, 0.15) is 28.2 Å². The average molecular weight is 394 g/mol. The van der Waals surface area contributed by atoms with Gasteiger partial charge in [0.05, 0.1) is 26.9 Å². The molecule has 2 heterocycles. The Labute approximate surface area is 168 Å². The second-order valence-electron chi connectivity index (χ2n) is 7.28. The Bertz CT molecular complexity index is 1190. The van der Waals surface area contributed by atoms with Gasteiger partial charge in [0.25, 0.3) is 0 Å². The van der Waals surface area contributed by atoms with Crippen LogP contribution in [0.25, 0.3) is 28.4 Å². The predicted octanol–water partition coefficient (Wildman–Crippen LogP) is 4.67. The predicted molar refractivity (Wildman–Crippen MR) is 111 cm³/mol. The third-order valence-corrected chi connectivity index (χ3v) is 4.88. The molecule has 0 saturated heterocycles. The molecule has 0 bridgehead atoms. The summed E-state index contributed by atoms with van der Waals surface area (Å²) in [4.78, 5) is 13.0. The molecule has 0 unspecified atom stereocenters. The summed E-state index contributed by atoms with van der Waals surface area (Å²) in [7, 11) is 4.65. The van der Waals surface area contributed by atoms with Crippen LogP contribution in [0.4, 0.5) is 0 Å². The van der Waals surface area contributed by atoms with Crippen LogP contribution in [0.15, 0.2) is 45.6 Å². The van der Waals surface area contributed by atoms with E-state index in [1.807, 2.05) is 32.1 Å². The topological polar surface area (TPSA) is 67.1 Å². The standard InChI is InChI=1S/C23H22O6/c1-23(2)9-8-14-18(29-23)12-20(27-5)21-15(24)11-17(28-22(14)21)13-6-7-16(25-3)19(10-13)26-4/h6-12H,1-5H3. The molecular formula is C23H22O6. The molecule has 4 rings (SSSR count). The molecule has 3 aromatic rings. The van der Waals surface area contributed by atoms with E-state index in [-0.39, 0.29) is 5.43 Å². The van der Waals surface area contributed by atoms with Crippen molar-refractivity contribution in [2.75, 3.05) is 21.3 Å². The van der Waals surface area contributed by atoms with E-state index in [9.17, 15) is 4.79 Å². The highest BCUT2D eigenvalue weighted by molar-refractivity contribution is 5.94. The van der Waals surface area contributed by atoms with Gasteiger partial charge in [-0.2, -0.15) is 0 Å². The summed E-state index contributed by atoms with van der Waals surface area (Å²) in [5.74, 6) is 2.58. The fourth-order valence-electron chi connectivity index (χ4n) is 3.43. The number of hydrogen-bond donors (Lipinski definition) is 0. The third kappa shape index (κ3) is 3.20. The van der Waals surface area contributed by atoms with Crippen molar-refractivity contribution >= 4 is 17.0 Å². The molecule has 6 nitrogen and oxygen atoms in total. The Morgan fingerprint density at radius 1 is 0.897 bits per heavy atom. The molecular weight excluding hydrogens is 372 g/mol. The summed E-state index contributed by atoms with van der Waals surface area (Å²) >= 11 is 0. The molecule has 0 fully saturated rings. The summed E-state index contributed by atoms with van der Waals surface area (Å²) in [6.45, 7) is 3.92. The lowest BCUT2D eigenvalue weighted by molar-refractivity contribution is 0.158. The van der Waals surface area contributed by atoms with E-state index in [1.165, 1.54) is 13.2 Å². The highest BCUT2D eigenvalue weighted by Crippen LogP contribution is 2.41. The fourth-order valence-corrected chi connectivity index (χ4v) is 3.43. The van der Waals surface area contributed by atoms with Crippen LogP contribution in [0.5, 0.6) is 23.0 Å². The van der Waals surface area contributed by atoms with Gasteiger partial charge < -0.3 is 23.4 Å². The van der Waals surface area contributed by atoms with Gasteiger partial charge in [-0.1, -0.05) is 0 Å². The molecule has 150 valence electrons. The molecule has 0 saturated carbocycles. The fraction of sp³-hybridized carbons (Fsp3) is 0.261. The third-order valence-electron chi connectivity index (χ3n) is 4.88. The van der Waals surface area contributed by atoms with Crippen molar-refractivity contribution in [2.45, 2.75) is 19.4 Å². The number of ether oxygens (including phenoxy) is 4. The second kappa shape index (κ2) is 6.88. The molecule has 0 atom stereocenters. The van der Waals surface area contributed by atoms with Gasteiger partial charge in [-0.25, -0.2) is 0 Å². The summed E-state index contributed by atoms with van der Waals surface area (Å²) in [5, 5.41) is 0.378. The lowest BCUT2D eigenvalue weighted by atomic mass is 9.99. The van der Waals surface area contributed by atoms with E-state index in [1.54, 1.807) is 32.4 Å². The molecule has 1 aliphatic heterocycles. The smallest absolute Gasteiger partial charge is 0.197 e. The zero-order valence-electron chi connectivity index (χ0n) is 17.0. The van der Waals surface area contributed by atoms with Crippen LogP contribution in [0.2, 0.25) is 0 Å². The number of benzene rings is 2. The molecule has 0 radical (unpaired) electrons. The van der Waals surface area contributed by atoms with Crippen molar-refractivity contribution in [1.29, 1.82) is 0 Å². The van der Waals surface area contributed by atoms with Gasteiger partial charge >= 0.3 is 0 Å².